The summed E-state index contributed by atoms with van der Waals surface area (Å²) in [4.78, 5) is 22.2. The number of aromatic nitrogens is 5. The molecule has 5 rings (SSSR count). The third-order valence-electron chi connectivity index (χ3n) is 4.67. The van der Waals surface area contributed by atoms with Gasteiger partial charge in [0.05, 0.1) is 17.6 Å². The molecular weight excluding hydrogens is 302 g/mol. The minimum absolute atomic E-state index is 0.147. The molecule has 0 radical (unpaired) electrons. The SMILES string of the molecule is Cc1ncccc1-n1c(=O)c2[nH]ncc2c2ccc(C3CC3)nc21. The molecule has 4 aromatic heterocycles. The van der Waals surface area contributed by atoms with Crippen molar-refractivity contribution in [3.63, 3.8) is 0 Å². The van der Waals surface area contributed by atoms with Crippen LogP contribution in [0.4, 0.5) is 0 Å². The molecule has 0 aromatic carbocycles. The number of pyridine rings is 3. The van der Waals surface area contributed by atoms with E-state index in [-0.39, 0.29) is 5.56 Å². The van der Waals surface area contributed by atoms with Crippen molar-refractivity contribution >= 4 is 21.9 Å². The first kappa shape index (κ1) is 13.4. The van der Waals surface area contributed by atoms with Gasteiger partial charge in [0.1, 0.15) is 11.2 Å². The van der Waals surface area contributed by atoms with Gasteiger partial charge in [-0.05, 0) is 44.0 Å². The molecule has 1 N–H and O–H groups in total. The largest absolute Gasteiger partial charge is 0.282 e. The van der Waals surface area contributed by atoms with Crippen molar-refractivity contribution in [2.75, 3.05) is 0 Å². The predicted molar refractivity (Wildman–Crippen MR) is 91.5 cm³/mol. The monoisotopic (exact) mass is 317 g/mol. The zero-order chi connectivity index (χ0) is 16.3. The summed E-state index contributed by atoms with van der Waals surface area (Å²) in [6, 6.07) is 7.85. The number of rotatable bonds is 2. The first-order chi connectivity index (χ1) is 11.7. The number of H-pyrrole nitrogens is 1. The van der Waals surface area contributed by atoms with Gasteiger partial charge < -0.3 is 0 Å². The molecule has 0 saturated heterocycles. The van der Waals surface area contributed by atoms with E-state index in [0.29, 0.717) is 17.1 Å². The van der Waals surface area contributed by atoms with E-state index in [1.54, 1.807) is 17.0 Å². The Kier molecular flexibility index (Phi) is 2.65. The fourth-order valence-corrected chi connectivity index (χ4v) is 3.25. The summed E-state index contributed by atoms with van der Waals surface area (Å²) in [5.74, 6) is 0.521. The Hall–Kier alpha value is -3.02. The van der Waals surface area contributed by atoms with Crippen LogP contribution in [0.15, 0.2) is 41.5 Å². The zero-order valence-electron chi connectivity index (χ0n) is 13.2. The Morgan fingerprint density at radius 1 is 1.21 bits per heavy atom. The van der Waals surface area contributed by atoms with Crippen LogP contribution in [0.1, 0.15) is 30.1 Å². The molecule has 4 aromatic rings. The lowest BCUT2D eigenvalue weighted by molar-refractivity contribution is 0.956. The maximum atomic E-state index is 13.1. The molecule has 6 nitrogen and oxygen atoms in total. The van der Waals surface area contributed by atoms with Crippen LogP contribution in [0.5, 0.6) is 0 Å². The summed E-state index contributed by atoms with van der Waals surface area (Å²) < 4.78 is 1.66. The summed E-state index contributed by atoms with van der Waals surface area (Å²) in [5, 5.41) is 8.62. The van der Waals surface area contributed by atoms with Crippen molar-refractivity contribution in [3.8, 4) is 5.69 Å². The van der Waals surface area contributed by atoms with Crippen LogP contribution < -0.4 is 5.56 Å². The molecule has 0 aliphatic heterocycles. The highest BCUT2D eigenvalue weighted by Gasteiger charge is 2.26. The topological polar surface area (TPSA) is 76.5 Å². The third-order valence-corrected chi connectivity index (χ3v) is 4.67. The Morgan fingerprint density at radius 2 is 2.08 bits per heavy atom. The number of hydrogen-bond donors (Lipinski definition) is 1. The molecule has 6 heteroatoms. The first-order valence-electron chi connectivity index (χ1n) is 8.05. The fourth-order valence-electron chi connectivity index (χ4n) is 3.25. The summed E-state index contributed by atoms with van der Waals surface area (Å²) >= 11 is 0. The number of aryl methyl sites for hydroxylation is 1. The van der Waals surface area contributed by atoms with Crippen LogP contribution in [-0.2, 0) is 0 Å². The molecule has 0 unspecified atom stereocenters. The highest BCUT2D eigenvalue weighted by Crippen LogP contribution is 2.39. The van der Waals surface area contributed by atoms with E-state index < -0.39 is 0 Å². The van der Waals surface area contributed by atoms with E-state index in [1.165, 1.54) is 12.8 Å². The second-order valence-corrected chi connectivity index (χ2v) is 6.29. The maximum Gasteiger partial charge on any atom is 0.282 e. The van der Waals surface area contributed by atoms with Crippen molar-refractivity contribution in [2.45, 2.75) is 25.7 Å². The van der Waals surface area contributed by atoms with Crippen molar-refractivity contribution in [1.82, 2.24) is 24.7 Å². The van der Waals surface area contributed by atoms with Crippen molar-refractivity contribution in [1.29, 1.82) is 0 Å². The number of nitrogens with zero attached hydrogens (tertiary/aromatic N) is 4. The smallest absolute Gasteiger partial charge is 0.272 e. The van der Waals surface area contributed by atoms with Gasteiger partial charge in [-0.3, -0.25) is 19.4 Å². The Balaban J connectivity index is 1.98. The molecule has 118 valence electrons. The molecular formula is C18H15N5O. The second-order valence-electron chi connectivity index (χ2n) is 6.29. The molecule has 0 bridgehead atoms. The molecule has 0 atom stereocenters. The number of nitrogens with one attached hydrogen (secondary N) is 1. The zero-order valence-corrected chi connectivity index (χ0v) is 13.2. The van der Waals surface area contributed by atoms with Gasteiger partial charge in [-0.1, -0.05) is 0 Å². The fraction of sp³-hybridized carbons (Fsp3) is 0.222. The summed E-state index contributed by atoms with van der Waals surface area (Å²) in [6.45, 7) is 1.90. The van der Waals surface area contributed by atoms with E-state index in [1.807, 2.05) is 19.1 Å². The molecule has 0 spiro atoms. The lowest BCUT2D eigenvalue weighted by Gasteiger charge is -2.13. The maximum absolute atomic E-state index is 13.1. The summed E-state index contributed by atoms with van der Waals surface area (Å²) in [6.07, 6.45) is 5.76. The molecule has 4 heterocycles. The highest BCUT2D eigenvalue weighted by atomic mass is 16.1. The quantitative estimate of drug-likeness (QED) is 0.617. The average Bonchev–Trinajstić information content (AvgIpc) is 3.33. The molecule has 1 saturated carbocycles. The lowest BCUT2D eigenvalue weighted by Crippen LogP contribution is -2.21. The predicted octanol–water partition coefficient (Wildman–Crippen LogP) is 2.84. The van der Waals surface area contributed by atoms with E-state index in [0.717, 1.165) is 27.8 Å². The Labute approximate surface area is 137 Å². The van der Waals surface area contributed by atoms with E-state index in [9.17, 15) is 4.79 Å². The van der Waals surface area contributed by atoms with Gasteiger partial charge >= 0.3 is 0 Å². The minimum atomic E-state index is -0.147. The number of aromatic amines is 1. The average molecular weight is 317 g/mol. The van der Waals surface area contributed by atoms with Gasteiger partial charge in [-0.15, -0.1) is 0 Å². The van der Waals surface area contributed by atoms with Crippen molar-refractivity contribution < 1.29 is 0 Å². The molecule has 1 aliphatic carbocycles. The van der Waals surface area contributed by atoms with Crippen LogP contribution in [0.3, 0.4) is 0 Å². The normalized spacial score (nSPS) is 14.5. The standard InChI is InChI=1S/C18H15N5O/c1-10-15(3-2-8-19-10)23-17-12(6-7-14(21-17)11-4-5-11)13-9-20-22-16(13)18(23)24/h2-3,6-9,11H,4-5H2,1H3,(H,20,22). The van der Waals surface area contributed by atoms with Gasteiger partial charge in [-0.25, -0.2) is 4.98 Å². The molecule has 24 heavy (non-hydrogen) atoms. The molecule has 1 fully saturated rings. The molecule has 1 aliphatic rings. The Morgan fingerprint density at radius 3 is 2.88 bits per heavy atom. The van der Waals surface area contributed by atoms with Crippen LogP contribution >= 0.6 is 0 Å². The lowest BCUT2D eigenvalue weighted by atomic mass is 10.1. The van der Waals surface area contributed by atoms with Gasteiger partial charge in [-0.2, -0.15) is 5.10 Å². The number of fused-ring (bicyclic) bond motifs is 3. The van der Waals surface area contributed by atoms with Gasteiger partial charge in [0, 0.05) is 28.6 Å². The minimum Gasteiger partial charge on any atom is -0.272 e. The van der Waals surface area contributed by atoms with E-state index >= 15 is 0 Å². The third kappa shape index (κ3) is 1.83. The van der Waals surface area contributed by atoms with Crippen LogP contribution in [-0.4, -0.2) is 24.7 Å². The van der Waals surface area contributed by atoms with Gasteiger partial charge in [0.2, 0.25) is 0 Å². The van der Waals surface area contributed by atoms with Gasteiger partial charge in [0.15, 0.2) is 0 Å². The number of hydrogen-bond acceptors (Lipinski definition) is 4. The molecule has 0 amide bonds. The van der Waals surface area contributed by atoms with E-state index in [4.69, 9.17) is 4.98 Å². The van der Waals surface area contributed by atoms with Crippen molar-refractivity contribution in [3.05, 3.63) is 58.4 Å². The highest BCUT2D eigenvalue weighted by molar-refractivity contribution is 6.03. The van der Waals surface area contributed by atoms with Crippen LogP contribution in [0, 0.1) is 6.92 Å². The van der Waals surface area contributed by atoms with Gasteiger partial charge in [0.25, 0.3) is 5.56 Å². The second kappa shape index (κ2) is 4.74. The van der Waals surface area contributed by atoms with Crippen molar-refractivity contribution in [2.24, 2.45) is 0 Å². The summed E-state index contributed by atoms with van der Waals surface area (Å²) in [7, 11) is 0. The first-order valence-corrected chi connectivity index (χ1v) is 8.05. The van der Waals surface area contributed by atoms with E-state index in [2.05, 4.69) is 27.3 Å². The Bertz CT molecular complexity index is 1150. The van der Waals surface area contributed by atoms with Crippen LogP contribution in [0.2, 0.25) is 0 Å². The van der Waals surface area contributed by atoms with Crippen LogP contribution in [0.25, 0.3) is 27.6 Å². The summed E-state index contributed by atoms with van der Waals surface area (Å²) in [5.41, 5.74) is 3.62.